The standard InChI is InChI=1S/C27H23ClN6O3S2.H2O/c28-19-7-9-21(10-8-19)39(37)33-13-1-2-20(16-33)30-26-29-12-11-22(31-26)24-23(32-27-34(24)14-15-38-27)17-3-5-18(6-4-17)25(35)36;/h3-12,14-15,20H,1-2,13,16H2,(H,35,36)(H,29,30,31);1H2/t20-,39?;/m1./s1. The van der Waals surface area contributed by atoms with Gasteiger partial charge in [0.2, 0.25) is 5.95 Å². The molecule has 4 heterocycles. The zero-order valence-corrected chi connectivity index (χ0v) is 23.4. The van der Waals surface area contributed by atoms with Crippen molar-refractivity contribution in [2.75, 3.05) is 18.4 Å². The number of piperidine rings is 1. The molecule has 6 rings (SSSR count). The number of hydrogen-bond donors (Lipinski definition) is 2. The lowest BCUT2D eigenvalue weighted by atomic mass is 10.1. The van der Waals surface area contributed by atoms with Crippen LogP contribution in [0.3, 0.4) is 0 Å². The number of halogens is 1. The number of aromatic carboxylic acids is 1. The van der Waals surface area contributed by atoms with Crippen molar-refractivity contribution in [1.29, 1.82) is 0 Å². The van der Waals surface area contributed by atoms with Crippen molar-refractivity contribution in [2.45, 2.75) is 23.8 Å². The van der Waals surface area contributed by atoms with E-state index in [-0.39, 0.29) is 17.1 Å². The molecule has 206 valence electrons. The minimum Gasteiger partial charge on any atom is -0.478 e. The van der Waals surface area contributed by atoms with Crippen molar-refractivity contribution >= 4 is 50.8 Å². The summed E-state index contributed by atoms with van der Waals surface area (Å²) in [6.07, 6.45) is 5.45. The van der Waals surface area contributed by atoms with E-state index in [0.29, 0.717) is 28.9 Å². The second kappa shape index (κ2) is 11.8. The molecule has 0 amide bonds. The zero-order chi connectivity index (χ0) is 26.9. The molecule has 1 aliphatic heterocycles. The molecule has 0 saturated carbocycles. The first-order chi connectivity index (χ1) is 19.0. The maximum Gasteiger partial charge on any atom is 0.335 e. The van der Waals surface area contributed by atoms with E-state index >= 15 is 0 Å². The number of nitrogens with zero attached hydrogens (tertiary/aromatic N) is 5. The summed E-state index contributed by atoms with van der Waals surface area (Å²) in [6.45, 7) is 1.33. The van der Waals surface area contributed by atoms with E-state index in [1.807, 2.05) is 26.3 Å². The van der Waals surface area contributed by atoms with E-state index in [1.54, 1.807) is 54.7 Å². The predicted molar refractivity (Wildman–Crippen MR) is 156 cm³/mol. The number of thiazole rings is 1. The van der Waals surface area contributed by atoms with E-state index in [1.165, 1.54) is 11.3 Å². The molecule has 10 nitrogen and oxygen atoms in total. The van der Waals surface area contributed by atoms with Gasteiger partial charge < -0.3 is 15.9 Å². The van der Waals surface area contributed by atoms with Gasteiger partial charge in [-0.3, -0.25) is 4.40 Å². The minimum atomic E-state index is -1.28. The number of anilines is 1. The number of carboxylic acids is 1. The van der Waals surface area contributed by atoms with Gasteiger partial charge >= 0.3 is 5.97 Å². The molecule has 2 atom stereocenters. The monoisotopic (exact) mass is 596 g/mol. The van der Waals surface area contributed by atoms with Gasteiger partial charge in [0.05, 0.1) is 21.8 Å². The number of hydrogen-bond acceptors (Lipinski definition) is 7. The van der Waals surface area contributed by atoms with Crippen LogP contribution in [0, 0.1) is 0 Å². The Bertz CT molecular complexity index is 1670. The zero-order valence-electron chi connectivity index (χ0n) is 21.0. The molecule has 0 spiro atoms. The van der Waals surface area contributed by atoms with Gasteiger partial charge in [-0.05, 0) is 55.3 Å². The Hall–Kier alpha value is -3.68. The van der Waals surface area contributed by atoms with Crippen LogP contribution in [0.5, 0.6) is 0 Å². The average Bonchev–Trinajstić information content (AvgIpc) is 3.55. The largest absolute Gasteiger partial charge is 0.478 e. The third kappa shape index (κ3) is 5.62. The van der Waals surface area contributed by atoms with Crippen molar-refractivity contribution < 1.29 is 19.6 Å². The molecule has 4 N–H and O–H groups in total. The van der Waals surface area contributed by atoms with E-state index < -0.39 is 17.0 Å². The summed E-state index contributed by atoms with van der Waals surface area (Å²) in [5, 5.41) is 15.3. The highest BCUT2D eigenvalue weighted by Crippen LogP contribution is 2.34. The first-order valence-corrected chi connectivity index (χ1v) is 14.6. The van der Waals surface area contributed by atoms with E-state index in [2.05, 4.69) is 10.3 Å². The van der Waals surface area contributed by atoms with E-state index in [4.69, 9.17) is 21.6 Å². The number of rotatable bonds is 7. The second-order valence-corrected chi connectivity index (χ2v) is 11.9. The van der Waals surface area contributed by atoms with Gasteiger partial charge in [0.15, 0.2) is 4.96 Å². The van der Waals surface area contributed by atoms with E-state index in [9.17, 15) is 14.1 Å². The molecule has 1 unspecified atom stereocenters. The summed E-state index contributed by atoms with van der Waals surface area (Å²) in [5.41, 5.74) is 3.22. The molecule has 5 aromatic rings. The molecule has 0 radical (unpaired) electrons. The Labute approximate surface area is 241 Å². The van der Waals surface area contributed by atoms with Crippen LogP contribution in [0.15, 0.2) is 77.3 Å². The summed E-state index contributed by atoms with van der Waals surface area (Å²) in [7, 11) is -1.28. The van der Waals surface area contributed by atoms with E-state index in [0.717, 1.165) is 40.5 Å². The van der Waals surface area contributed by atoms with Crippen LogP contribution < -0.4 is 5.32 Å². The summed E-state index contributed by atoms with van der Waals surface area (Å²) in [6, 6.07) is 15.6. The fourth-order valence-corrected chi connectivity index (χ4v) is 6.77. The maximum absolute atomic E-state index is 13.1. The first kappa shape index (κ1) is 27.9. The molecule has 13 heteroatoms. The molecule has 0 bridgehead atoms. The van der Waals surface area contributed by atoms with Gasteiger partial charge in [-0.15, -0.1) is 11.3 Å². The van der Waals surface area contributed by atoms with Crippen molar-refractivity contribution in [1.82, 2.24) is 23.7 Å². The normalized spacial score (nSPS) is 16.4. The van der Waals surface area contributed by atoms with Gasteiger partial charge in [-0.1, -0.05) is 23.7 Å². The van der Waals surface area contributed by atoms with Gasteiger partial charge in [-0.2, -0.15) is 0 Å². The maximum atomic E-state index is 13.1. The van der Waals surface area contributed by atoms with Crippen LogP contribution >= 0.6 is 22.9 Å². The van der Waals surface area contributed by atoms with Crippen LogP contribution in [0.2, 0.25) is 5.02 Å². The van der Waals surface area contributed by atoms with Crippen LogP contribution in [-0.2, 0) is 11.0 Å². The average molecular weight is 597 g/mol. The highest BCUT2D eigenvalue weighted by atomic mass is 35.5. The van der Waals surface area contributed by atoms with Crippen LogP contribution in [-0.4, -0.2) is 63.6 Å². The van der Waals surface area contributed by atoms with Gasteiger partial charge in [0, 0.05) is 47.5 Å². The Kier molecular flexibility index (Phi) is 8.24. The second-order valence-electron chi connectivity index (χ2n) is 9.09. The van der Waals surface area contributed by atoms with Crippen LogP contribution in [0.25, 0.3) is 27.6 Å². The molecule has 1 aliphatic rings. The molecule has 1 saturated heterocycles. The van der Waals surface area contributed by atoms with Gasteiger partial charge in [-0.25, -0.2) is 28.3 Å². The van der Waals surface area contributed by atoms with Crippen molar-refractivity contribution in [3.63, 3.8) is 0 Å². The number of nitrogens with one attached hydrogen (secondary N) is 1. The Morgan fingerprint density at radius 3 is 2.62 bits per heavy atom. The Morgan fingerprint density at radius 2 is 1.88 bits per heavy atom. The number of benzene rings is 2. The summed E-state index contributed by atoms with van der Waals surface area (Å²) in [5.74, 6) is -0.494. The number of imidazole rings is 1. The highest BCUT2D eigenvalue weighted by Gasteiger charge is 2.26. The Balaban J connectivity index is 0.00000323. The minimum absolute atomic E-state index is 0. The lowest BCUT2D eigenvalue weighted by Crippen LogP contribution is -2.43. The fourth-order valence-electron chi connectivity index (χ4n) is 4.66. The fraction of sp³-hybridized carbons (Fsp3) is 0.185. The summed E-state index contributed by atoms with van der Waals surface area (Å²) >= 11 is 7.50. The lowest BCUT2D eigenvalue weighted by molar-refractivity contribution is 0.0697. The third-order valence-electron chi connectivity index (χ3n) is 6.53. The quantitative estimate of drug-likeness (QED) is 0.278. The number of fused-ring (bicyclic) bond motifs is 1. The van der Waals surface area contributed by atoms with Gasteiger partial charge in [0.25, 0.3) is 0 Å². The molecule has 0 aliphatic carbocycles. The van der Waals surface area contributed by atoms with Crippen LogP contribution in [0.4, 0.5) is 5.95 Å². The molecule has 2 aromatic carbocycles. The van der Waals surface area contributed by atoms with Crippen molar-refractivity contribution in [2.24, 2.45) is 0 Å². The smallest absolute Gasteiger partial charge is 0.335 e. The topological polar surface area (TPSA) is 144 Å². The number of carboxylic acid groups (broad SMARTS) is 1. The molecular formula is C27H25ClN6O4S2. The molecular weight excluding hydrogens is 572 g/mol. The SMILES string of the molecule is O.O=C(O)c1ccc(-c2nc3sccn3c2-c2ccnc(N[C@@H]3CCCN(S(=O)c4ccc(Cl)cc4)C3)n2)cc1. The molecule has 1 fully saturated rings. The predicted octanol–water partition coefficient (Wildman–Crippen LogP) is 4.65. The number of aromatic nitrogens is 4. The van der Waals surface area contributed by atoms with Crippen LogP contribution in [0.1, 0.15) is 23.2 Å². The van der Waals surface area contributed by atoms with Crippen molar-refractivity contribution in [3.8, 4) is 22.6 Å². The Morgan fingerprint density at radius 1 is 1.10 bits per heavy atom. The summed E-state index contributed by atoms with van der Waals surface area (Å²) in [4.78, 5) is 26.9. The van der Waals surface area contributed by atoms with Gasteiger partial charge in [0.1, 0.15) is 16.7 Å². The molecule has 40 heavy (non-hydrogen) atoms. The van der Waals surface area contributed by atoms with Crippen molar-refractivity contribution in [3.05, 3.63) is 83.0 Å². The lowest BCUT2D eigenvalue weighted by Gasteiger charge is -2.32. The molecule has 3 aromatic heterocycles. The third-order valence-corrected chi connectivity index (χ3v) is 9.02. The highest BCUT2D eigenvalue weighted by molar-refractivity contribution is 7.82. The summed E-state index contributed by atoms with van der Waals surface area (Å²) < 4.78 is 17.1. The number of carbonyl (C=O) groups is 1. The first-order valence-electron chi connectivity index (χ1n) is 12.3.